The lowest BCUT2D eigenvalue weighted by molar-refractivity contribution is -0.140. The van der Waals surface area contributed by atoms with Gasteiger partial charge in [0, 0.05) is 23.7 Å². The highest BCUT2D eigenvalue weighted by Crippen LogP contribution is 2.42. The second-order valence-corrected chi connectivity index (χ2v) is 8.19. The number of ether oxygens (including phenoxy) is 2. The lowest BCUT2D eigenvalue weighted by Gasteiger charge is -2.27. The quantitative estimate of drug-likeness (QED) is 0.386. The van der Waals surface area contributed by atoms with Gasteiger partial charge in [-0.1, -0.05) is 17.7 Å². The molecule has 2 atom stereocenters. The molecule has 0 unspecified atom stereocenters. The summed E-state index contributed by atoms with van der Waals surface area (Å²) in [5.41, 5.74) is 0.890. The van der Waals surface area contributed by atoms with Crippen LogP contribution < -0.4 is 4.74 Å². The summed E-state index contributed by atoms with van der Waals surface area (Å²) in [6, 6.07) is 10.2. The third kappa shape index (κ3) is 4.18. The van der Waals surface area contributed by atoms with Crippen molar-refractivity contribution in [1.29, 1.82) is 0 Å². The van der Waals surface area contributed by atoms with E-state index >= 15 is 0 Å². The number of phenolic OH excluding ortho intramolecular Hbond substituents is 1. The highest BCUT2D eigenvalue weighted by Gasteiger charge is 2.47. The molecule has 2 fully saturated rings. The van der Waals surface area contributed by atoms with Crippen LogP contribution >= 0.6 is 11.6 Å². The Kier molecular flexibility index (Phi) is 6.39. The number of rotatable bonds is 6. The third-order valence-corrected chi connectivity index (χ3v) is 5.93. The number of carbonyl (C=O) groups is 2. The van der Waals surface area contributed by atoms with E-state index in [0.717, 1.165) is 12.8 Å². The van der Waals surface area contributed by atoms with E-state index in [4.69, 9.17) is 21.1 Å². The Morgan fingerprint density at radius 1 is 1.22 bits per heavy atom. The number of hydrogen-bond donors (Lipinski definition) is 2. The maximum absolute atomic E-state index is 13.1. The van der Waals surface area contributed by atoms with Gasteiger partial charge in [-0.05, 0) is 61.7 Å². The summed E-state index contributed by atoms with van der Waals surface area (Å²) >= 11 is 5.95. The van der Waals surface area contributed by atoms with Crippen LogP contribution in [-0.2, 0) is 14.3 Å². The normalized spacial score (nSPS) is 22.5. The van der Waals surface area contributed by atoms with Crippen molar-refractivity contribution < 1.29 is 29.3 Å². The van der Waals surface area contributed by atoms with Crippen molar-refractivity contribution in [3.05, 3.63) is 64.2 Å². The van der Waals surface area contributed by atoms with Gasteiger partial charge in [0.15, 0.2) is 11.5 Å². The van der Waals surface area contributed by atoms with Crippen LogP contribution in [0.3, 0.4) is 0 Å². The molecule has 0 spiro atoms. The largest absolute Gasteiger partial charge is 0.507 e. The summed E-state index contributed by atoms with van der Waals surface area (Å²) in [6.45, 7) is 2.95. The Morgan fingerprint density at radius 3 is 2.62 bits per heavy atom. The number of carbonyl (C=O) groups excluding carboxylic acids is 2. The Hall–Kier alpha value is -3.03. The zero-order chi connectivity index (χ0) is 22.8. The average molecular weight is 458 g/mol. The van der Waals surface area contributed by atoms with Crippen molar-refractivity contribution in [1.82, 2.24) is 4.90 Å². The van der Waals surface area contributed by atoms with Crippen LogP contribution in [0.15, 0.2) is 48.0 Å². The molecule has 0 radical (unpaired) electrons. The molecule has 2 saturated heterocycles. The van der Waals surface area contributed by atoms with Gasteiger partial charge in [-0.2, -0.15) is 0 Å². The Morgan fingerprint density at radius 2 is 1.97 bits per heavy atom. The highest BCUT2D eigenvalue weighted by atomic mass is 35.5. The first-order chi connectivity index (χ1) is 15.4. The molecule has 8 heteroatoms. The number of phenols is 1. The van der Waals surface area contributed by atoms with Crippen LogP contribution in [-0.4, -0.2) is 52.7 Å². The molecule has 7 nitrogen and oxygen atoms in total. The molecular weight excluding hydrogens is 434 g/mol. The first-order valence-corrected chi connectivity index (χ1v) is 10.9. The number of aliphatic hydroxyl groups excluding tert-OH is 1. The van der Waals surface area contributed by atoms with Gasteiger partial charge in [0.1, 0.15) is 5.76 Å². The van der Waals surface area contributed by atoms with Crippen molar-refractivity contribution in [3.63, 3.8) is 0 Å². The van der Waals surface area contributed by atoms with Crippen molar-refractivity contribution in [3.8, 4) is 11.5 Å². The number of hydrogen-bond acceptors (Lipinski definition) is 6. The molecule has 2 aliphatic rings. The molecule has 2 aromatic rings. The molecule has 168 valence electrons. The number of aromatic hydroxyl groups is 1. The fraction of sp³-hybridized carbons (Fsp3) is 0.333. The standard InChI is InChI=1S/C24H24ClNO6/c1-2-31-19-12-15(7-10-18(19)27)21-20(22(28)14-5-8-16(25)9-6-14)23(29)24(30)26(21)13-17-4-3-11-32-17/h5-10,12,17,21,27-28H,2-4,11,13H2,1H3/t17-,21-/m1/s1. The third-order valence-electron chi connectivity index (χ3n) is 5.68. The number of benzene rings is 2. The number of aliphatic hydroxyl groups is 1. The minimum Gasteiger partial charge on any atom is -0.507 e. The van der Waals surface area contributed by atoms with E-state index in [1.54, 1.807) is 43.3 Å². The summed E-state index contributed by atoms with van der Waals surface area (Å²) in [4.78, 5) is 27.5. The molecule has 0 aromatic heterocycles. The van der Waals surface area contributed by atoms with E-state index in [2.05, 4.69) is 0 Å². The Labute approximate surface area is 190 Å². The summed E-state index contributed by atoms with van der Waals surface area (Å²) in [7, 11) is 0. The van der Waals surface area contributed by atoms with E-state index in [1.165, 1.54) is 11.0 Å². The zero-order valence-electron chi connectivity index (χ0n) is 17.6. The molecule has 4 rings (SSSR count). The monoisotopic (exact) mass is 457 g/mol. The average Bonchev–Trinajstić information content (AvgIpc) is 3.38. The van der Waals surface area contributed by atoms with Gasteiger partial charge in [-0.25, -0.2) is 0 Å². The molecular formula is C24H24ClNO6. The van der Waals surface area contributed by atoms with Crippen LogP contribution in [0.1, 0.15) is 36.9 Å². The highest BCUT2D eigenvalue weighted by molar-refractivity contribution is 6.46. The van der Waals surface area contributed by atoms with E-state index in [0.29, 0.717) is 29.4 Å². The zero-order valence-corrected chi connectivity index (χ0v) is 18.3. The maximum atomic E-state index is 13.1. The van der Waals surface area contributed by atoms with E-state index < -0.39 is 17.7 Å². The van der Waals surface area contributed by atoms with Crippen LogP contribution in [0.25, 0.3) is 5.76 Å². The van der Waals surface area contributed by atoms with Gasteiger partial charge in [-0.3, -0.25) is 9.59 Å². The Bertz CT molecular complexity index is 1060. The van der Waals surface area contributed by atoms with Crippen molar-refractivity contribution in [2.24, 2.45) is 0 Å². The lowest BCUT2D eigenvalue weighted by atomic mass is 9.95. The van der Waals surface area contributed by atoms with Crippen molar-refractivity contribution in [2.75, 3.05) is 19.8 Å². The second kappa shape index (κ2) is 9.22. The van der Waals surface area contributed by atoms with E-state index in [1.807, 2.05) is 0 Å². The lowest BCUT2D eigenvalue weighted by Crippen LogP contribution is -2.36. The maximum Gasteiger partial charge on any atom is 0.295 e. The van der Waals surface area contributed by atoms with Gasteiger partial charge >= 0.3 is 0 Å². The van der Waals surface area contributed by atoms with Crippen LogP contribution in [0.2, 0.25) is 5.02 Å². The van der Waals surface area contributed by atoms with Crippen LogP contribution in [0.4, 0.5) is 0 Å². The molecule has 2 N–H and O–H groups in total. The summed E-state index contributed by atoms with van der Waals surface area (Å²) in [5, 5.41) is 21.7. The summed E-state index contributed by atoms with van der Waals surface area (Å²) in [5.74, 6) is -1.58. The summed E-state index contributed by atoms with van der Waals surface area (Å²) < 4.78 is 11.2. The van der Waals surface area contributed by atoms with E-state index in [-0.39, 0.29) is 35.5 Å². The van der Waals surface area contributed by atoms with Gasteiger partial charge < -0.3 is 24.6 Å². The smallest absolute Gasteiger partial charge is 0.295 e. The first kappa shape index (κ1) is 22.2. The first-order valence-electron chi connectivity index (χ1n) is 10.5. The molecule has 2 aromatic carbocycles. The topological polar surface area (TPSA) is 96.3 Å². The van der Waals surface area contributed by atoms with Crippen LogP contribution in [0.5, 0.6) is 11.5 Å². The molecule has 0 saturated carbocycles. The molecule has 32 heavy (non-hydrogen) atoms. The number of nitrogens with zero attached hydrogens (tertiary/aromatic N) is 1. The predicted octanol–water partition coefficient (Wildman–Crippen LogP) is 4.05. The number of likely N-dealkylation sites (tertiary alicyclic amines) is 1. The molecule has 0 bridgehead atoms. The molecule has 2 aliphatic heterocycles. The minimum absolute atomic E-state index is 0.0246. The van der Waals surface area contributed by atoms with E-state index in [9.17, 15) is 19.8 Å². The molecule has 1 amide bonds. The van der Waals surface area contributed by atoms with Gasteiger partial charge in [0.05, 0.1) is 24.3 Å². The van der Waals surface area contributed by atoms with Crippen molar-refractivity contribution in [2.45, 2.75) is 31.9 Å². The fourth-order valence-electron chi connectivity index (χ4n) is 4.16. The summed E-state index contributed by atoms with van der Waals surface area (Å²) in [6.07, 6.45) is 1.49. The SMILES string of the molecule is CCOc1cc([C@@H]2C(=C(O)c3ccc(Cl)cc3)C(=O)C(=O)N2C[C@H]2CCCO2)ccc1O. The predicted molar refractivity (Wildman–Crippen MR) is 119 cm³/mol. The van der Waals surface area contributed by atoms with Crippen molar-refractivity contribution >= 4 is 29.1 Å². The van der Waals surface area contributed by atoms with Gasteiger partial charge in [-0.15, -0.1) is 0 Å². The van der Waals surface area contributed by atoms with Crippen LogP contribution in [0, 0.1) is 0 Å². The number of halogens is 1. The molecule has 2 heterocycles. The molecule has 0 aliphatic carbocycles. The second-order valence-electron chi connectivity index (χ2n) is 7.75. The Balaban J connectivity index is 1.84. The minimum atomic E-state index is -0.852. The number of amides is 1. The number of Topliss-reactive ketones (excluding diaryl/α,β-unsaturated/α-hetero) is 1. The number of ketones is 1. The fourth-order valence-corrected chi connectivity index (χ4v) is 4.28. The van der Waals surface area contributed by atoms with Gasteiger partial charge in [0.25, 0.3) is 11.7 Å². The van der Waals surface area contributed by atoms with Gasteiger partial charge in [0.2, 0.25) is 0 Å².